The van der Waals surface area contributed by atoms with Crippen LogP contribution < -0.4 is 10.6 Å². The number of nitrogens with one attached hydrogen (secondary N) is 2. The number of likely N-dealkylation sites (N-methyl/N-ethyl adjacent to an activating group) is 1. The molecule has 8 heteroatoms. The SMILES string of the molecule is CCNC(=NCC(c1c(F)cccc1F)N(C)C)NCCCOCC1CCOCC1. The van der Waals surface area contributed by atoms with Crippen LogP contribution in [0.4, 0.5) is 8.78 Å². The predicted molar refractivity (Wildman–Crippen MR) is 116 cm³/mol. The molecule has 1 heterocycles. The number of guanidine groups is 1. The first kappa shape index (κ1) is 24.5. The molecule has 1 unspecified atom stereocenters. The van der Waals surface area contributed by atoms with Gasteiger partial charge in [0.25, 0.3) is 0 Å². The predicted octanol–water partition coefficient (Wildman–Crippen LogP) is 2.96. The minimum atomic E-state index is -0.552. The molecule has 170 valence electrons. The summed E-state index contributed by atoms with van der Waals surface area (Å²) in [6.07, 6.45) is 3.00. The summed E-state index contributed by atoms with van der Waals surface area (Å²) in [4.78, 5) is 6.33. The summed E-state index contributed by atoms with van der Waals surface area (Å²) in [6.45, 7) is 6.77. The summed E-state index contributed by atoms with van der Waals surface area (Å²) >= 11 is 0. The van der Waals surface area contributed by atoms with Crippen molar-refractivity contribution < 1.29 is 18.3 Å². The summed E-state index contributed by atoms with van der Waals surface area (Å²) in [5.74, 6) is 0.130. The number of halogens is 2. The zero-order valence-electron chi connectivity index (χ0n) is 18.4. The largest absolute Gasteiger partial charge is 0.381 e. The first-order valence-corrected chi connectivity index (χ1v) is 10.8. The van der Waals surface area contributed by atoms with Gasteiger partial charge in [-0.25, -0.2) is 8.78 Å². The standard InChI is InChI=1S/C22H36F2N4O2/c1-4-25-22(26-11-6-12-30-16-17-9-13-29-14-10-17)27-15-20(28(2)3)21-18(23)7-5-8-19(21)24/h5,7-8,17,20H,4,6,9-16H2,1-3H3,(H2,25,26,27). The third-order valence-electron chi connectivity index (χ3n) is 5.18. The molecular weight excluding hydrogens is 390 g/mol. The Bertz CT molecular complexity index is 632. The molecular formula is C22H36F2N4O2. The van der Waals surface area contributed by atoms with Gasteiger partial charge in [-0.1, -0.05) is 6.07 Å². The van der Waals surface area contributed by atoms with E-state index in [-0.39, 0.29) is 12.1 Å². The summed E-state index contributed by atoms with van der Waals surface area (Å²) < 4.78 is 39.6. The number of aliphatic imine (C=N–C) groups is 1. The maximum absolute atomic E-state index is 14.2. The van der Waals surface area contributed by atoms with E-state index < -0.39 is 17.7 Å². The number of benzene rings is 1. The van der Waals surface area contributed by atoms with Gasteiger partial charge >= 0.3 is 0 Å². The lowest BCUT2D eigenvalue weighted by molar-refractivity contribution is 0.0203. The molecule has 1 aromatic carbocycles. The molecule has 1 saturated heterocycles. The fourth-order valence-corrected chi connectivity index (χ4v) is 3.41. The molecule has 1 aliphatic rings. The van der Waals surface area contributed by atoms with Gasteiger partial charge in [-0.2, -0.15) is 0 Å². The van der Waals surface area contributed by atoms with E-state index in [9.17, 15) is 8.78 Å². The zero-order chi connectivity index (χ0) is 21.8. The lowest BCUT2D eigenvalue weighted by Crippen LogP contribution is -2.39. The Kier molecular flexibility index (Phi) is 11.0. The van der Waals surface area contributed by atoms with Gasteiger partial charge in [0.15, 0.2) is 5.96 Å². The van der Waals surface area contributed by atoms with Gasteiger partial charge in [0, 0.05) is 45.1 Å². The first-order valence-electron chi connectivity index (χ1n) is 10.8. The van der Waals surface area contributed by atoms with E-state index in [0.717, 1.165) is 39.1 Å². The van der Waals surface area contributed by atoms with Crippen molar-refractivity contribution in [2.45, 2.75) is 32.2 Å². The summed E-state index contributed by atoms with van der Waals surface area (Å²) in [5, 5.41) is 6.45. The number of hydrogen-bond acceptors (Lipinski definition) is 4. The maximum atomic E-state index is 14.2. The molecule has 0 amide bonds. The van der Waals surface area contributed by atoms with Crippen molar-refractivity contribution in [2.75, 3.05) is 60.2 Å². The van der Waals surface area contributed by atoms with Crippen molar-refractivity contribution in [1.82, 2.24) is 15.5 Å². The molecule has 1 aliphatic heterocycles. The van der Waals surface area contributed by atoms with E-state index in [0.29, 0.717) is 31.6 Å². The molecule has 0 aliphatic carbocycles. The molecule has 0 radical (unpaired) electrons. The molecule has 0 saturated carbocycles. The molecule has 0 aromatic heterocycles. The van der Waals surface area contributed by atoms with Gasteiger partial charge < -0.3 is 25.0 Å². The Morgan fingerprint density at radius 3 is 2.57 bits per heavy atom. The van der Waals surface area contributed by atoms with Gasteiger partial charge in [0.05, 0.1) is 12.6 Å². The highest BCUT2D eigenvalue weighted by Gasteiger charge is 2.22. The van der Waals surface area contributed by atoms with Crippen LogP contribution in [0.25, 0.3) is 0 Å². The van der Waals surface area contributed by atoms with Crippen molar-refractivity contribution in [3.8, 4) is 0 Å². The molecule has 1 fully saturated rings. The van der Waals surface area contributed by atoms with Gasteiger partial charge in [-0.3, -0.25) is 4.99 Å². The van der Waals surface area contributed by atoms with Gasteiger partial charge in [0.1, 0.15) is 11.6 Å². The number of hydrogen-bond donors (Lipinski definition) is 2. The second-order valence-electron chi connectivity index (χ2n) is 7.75. The van der Waals surface area contributed by atoms with Gasteiger partial charge in [-0.05, 0) is 58.3 Å². The van der Waals surface area contributed by atoms with Crippen molar-refractivity contribution in [3.05, 3.63) is 35.4 Å². The van der Waals surface area contributed by atoms with Crippen molar-refractivity contribution in [3.63, 3.8) is 0 Å². The van der Waals surface area contributed by atoms with E-state index in [1.165, 1.54) is 18.2 Å². The number of ether oxygens (including phenoxy) is 2. The van der Waals surface area contributed by atoms with Crippen molar-refractivity contribution in [1.29, 1.82) is 0 Å². The molecule has 30 heavy (non-hydrogen) atoms. The van der Waals surface area contributed by atoms with E-state index in [1.54, 1.807) is 19.0 Å². The molecule has 0 spiro atoms. The van der Waals surface area contributed by atoms with Crippen LogP contribution in [0.2, 0.25) is 0 Å². The Morgan fingerprint density at radius 2 is 1.93 bits per heavy atom. The van der Waals surface area contributed by atoms with E-state index >= 15 is 0 Å². The van der Waals surface area contributed by atoms with Crippen molar-refractivity contribution in [2.24, 2.45) is 10.9 Å². The van der Waals surface area contributed by atoms with E-state index in [1.807, 2.05) is 6.92 Å². The Balaban J connectivity index is 1.81. The van der Waals surface area contributed by atoms with Crippen LogP contribution in [0.1, 0.15) is 37.8 Å². The summed E-state index contributed by atoms with van der Waals surface area (Å²) in [6, 6.07) is 3.44. The highest BCUT2D eigenvalue weighted by atomic mass is 19.1. The monoisotopic (exact) mass is 426 g/mol. The van der Waals surface area contributed by atoms with Gasteiger partial charge in [0.2, 0.25) is 0 Å². The number of rotatable bonds is 11. The minimum Gasteiger partial charge on any atom is -0.381 e. The zero-order valence-corrected chi connectivity index (χ0v) is 18.4. The second-order valence-corrected chi connectivity index (χ2v) is 7.75. The first-order chi connectivity index (χ1) is 14.5. The fraction of sp³-hybridized carbons (Fsp3) is 0.682. The molecule has 0 bridgehead atoms. The van der Waals surface area contributed by atoms with Crippen LogP contribution in [0.15, 0.2) is 23.2 Å². The fourth-order valence-electron chi connectivity index (χ4n) is 3.41. The smallest absolute Gasteiger partial charge is 0.191 e. The summed E-state index contributed by atoms with van der Waals surface area (Å²) in [5.41, 5.74) is 0.0450. The van der Waals surface area contributed by atoms with Crippen LogP contribution >= 0.6 is 0 Å². The van der Waals surface area contributed by atoms with Crippen LogP contribution in [-0.4, -0.2) is 71.0 Å². The number of nitrogens with zero attached hydrogens (tertiary/aromatic N) is 2. The minimum absolute atomic E-state index is 0.0450. The summed E-state index contributed by atoms with van der Waals surface area (Å²) in [7, 11) is 3.59. The highest BCUT2D eigenvalue weighted by Crippen LogP contribution is 2.24. The topological polar surface area (TPSA) is 58.1 Å². The lowest BCUT2D eigenvalue weighted by atomic mass is 10.0. The second kappa shape index (κ2) is 13.5. The Morgan fingerprint density at radius 1 is 1.23 bits per heavy atom. The van der Waals surface area contributed by atoms with Gasteiger partial charge in [-0.15, -0.1) is 0 Å². The molecule has 1 aromatic rings. The normalized spacial score (nSPS) is 16.7. The average Bonchev–Trinajstić information content (AvgIpc) is 2.73. The lowest BCUT2D eigenvalue weighted by Gasteiger charge is -2.24. The quantitative estimate of drug-likeness (QED) is 0.324. The van der Waals surface area contributed by atoms with Crippen LogP contribution in [0, 0.1) is 17.6 Å². The molecule has 1 atom stereocenters. The van der Waals surface area contributed by atoms with Crippen molar-refractivity contribution >= 4 is 5.96 Å². The molecule has 6 nitrogen and oxygen atoms in total. The third kappa shape index (κ3) is 8.16. The van der Waals surface area contributed by atoms with E-state index in [2.05, 4.69) is 15.6 Å². The van der Waals surface area contributed by atoms with Crippen LogP contribution in [0.3, 0.4) is 0 Å². The van der Waals surface area contributed by atoms with Crippen LogP contribution in [0.5, 0.6) is 0 Å². The molecule has 2 rings (SSSR count). The Hall–Kier alpha value is -1.77. The molecule has 2 N–H and O–H groups in total. The maximum Gasteiger partial charge on any atom is 0.191 e. The third-order valence-corrected chi connectivity index (χ3v) is 5.18. The Labute approximate surface area is 179 Å². The average molecular weight is 427 g/mol. The van der Waals surface area contributed by atoms with E-state index in [4.69, 9.17) is 9.47 Å². The highest BCUT2D eigenvalue weighted by molar-refractivity contribution is 5.79. The van der Waals surface area contributed by atoms with Crippen LogP contribution in [-0.2, 0) is 9.47 Å².